The fraction of sp³-hybridized carbons (Fsp3) is 0.596. The van der Waals surface area contributed by atoms with Gasteiger partial charge < -0.3 is 40.3 Å². The molecule has 0 spiro atoms. The van der Waals surface area contributed by atoms with Gasteiger partial charge in [0.05, 0.1) is 25.4 Å². The first kappa shape index (κ1) is 60.3. The van der Waals surface area contributed by atoms with Crippen molar-refractivity contribution >= 4 is 5.91 Å². The Kier molecular flexibility index (Phi) is 41.3. The molecule has 0 aromatic rings. The minimum absolute atomic E-state index is 0.216. The first-order chi connectivity index (χ1) is 32.3. The molecule has 1 aliphatic heterocycles. The van der Waals surface area contributed by atoms with E-state index in [9.17, 15) is 30.3 Å². The largest absolute Gasteiger partial charge is 0.394 e. The topological polar surface area (TPSA) is 149 Å². The second-order valence-corrected chi connectivity index (χ2v) is 16.9. The van der Waals surface area contributed by atoms with Crippen LogP contribution in [0.3, 0.4) is 0 Å². The lowest BCUT2D eigenvalue weighted by atomic mass is 9.99. The highest BCUT2D eigenvalue weighted by Crippen LogP contribution is 2.22. The zero-order chi connectivity index (χ0) is 48.0. The van der Waals surface area contributed by atoms with Crippen molar-refractivity contribution in [3.63, 3.8) is 0 Å². The Hall–Kier alpha value is -3.67. The van der Waals surface area contributed by atoms with Crippen molar-refractivity contribution in [2.75, 3.05) is 13.2 Å². The van der Waals surface area contributed by atoms with Crippen LogP contribution in [0.4, 0.5) is 0 Å². The lowest BCUT2D eigenvalue weighted by Crippen LogP contribution is -2.60. The van der Waals surface area contributed by atoms with Crippen LogP contribution in [0.5, 0.6) is 0 Å². The second-order valence-electron chi connectivity index (χ2n) is 16.9. The molecule has 7 atom stereocenters. The zero-order valence-electron chi connectivity index (χ0n) is 40.9. The molecule has 7 unspecified atom stereocenters. The molecule has 1 saturated heterocycles. The van der Waals surface area contributed by atoms with Crippen molar-refractivity contribution in [2.45, 2.75) is 204 Å². The van der Waals surface area contributed by atoms with Crippen LogP contribution in [0.1, 0.15) is 162 Å². The number of nitrogens with one attached hydrogen (secondary N) is 1. The van der Waals surface area contributed by atoms with Gasteiger partial charge in [-0.2, -0.15) is 0 Å². The Balaban J connectivity index is 2.24. The van der Waals surface area contributed by atoms with Crippen molar-refractivity contribution in [3.8, 4) is 0 Å². The van der Waals surface area contributed by atoms with E-state index in [4.69, 9.17) is 9.47 Å². The number of allylic oxidation sites excluding steroid dienone is 21. The number of carbonyl (C=O) groups excluding carboxylic acids is 1. The third-order valence-electron chi connectivity index (χ3n) is 11.0. The van der Waals surface area contributed by atoms with Crippen LogP contribution in [-0.2, 0) is 14.3 Å². The summed E-state index contributed by atoms with van der Waals surface area (Å²) in [5.74, 6) is -0.216. The van der Waals surface area contributed by atoms with Crippen molar-refractivity contribution in [3.05, 3.63) is 134 Å². The average Bonchev–Trinajstić information content (AvgIpc) is 3.32. The van der Waals surface area contributed by atoms with Gasteiger partial charge >= 0.3 is 0 Å². The third-order valence-corrected chi connectivity index (χ3v) is 11.0. The summed E-state index contributed by atoms with van der Waals surface area (Å²) in [6.45, 7) is 3.56. The third kappa shape index (κ3) is 34.6. The summed E-state index contributed by atoms with van der Waals surface area (Å²) < 4.78 is 11.2. The van der Waals surface area contributed by atoms with E-state index in [-0.39, 0.29) is 12.5 Å². The molecule has 0 radical (unpaired) electrons. The van der Waals surface area contributed by atoms with E-state index >= 15 is 0 Å². The second kappa shape index (κ2) is 45.1. The van der Waals surface area contributed by atoms with Crippen LogP contribution >= 0.6 is 0 Å². The van der Waals surface area contributed by atoms with Gasteiger partial charge in [-0.3, -0.25) is 4.79 Å². The van der Waals surface area contributed by atoms with Gasteiger partial charge in [0.1, 0.15) is 24.4 Å². The number of unbranched alkanes of at least 4 members (excludes halogenated alkanes) is 10. The van der Waals surface area contributed by atoms with Gasteiger partial charge in [0.15, 0.2) is 6.29 Å². The van der Waals surface area contributed by atoms with E-state index in [0.717, 1.165) is 116 Å². The van der Waals surface area contributed by atoms with E-state index in [2.05, 4.69) is 141 Å². The van der Waals surface area contributed by atoms with Crippen LogP contribution in [0, 0.1) is 0 Å². The van der Waals surface area contributed by atoms with Gasteiger partial charge in [-0.15, -0.1) is 0 Å². The highest BCUT2D eigenvalue weighted by atomic mass is 16.7. The maximum Gasteiger partial charge on any atom is 0.220 e. The van der Waals surface area contributed by atoms with E-state index < -0.39 is 49.5 Å². The summed E-state index contributed by atoms with van der Waals surface area (Å²) in [5.41, 5.74) is 0. The Morgan fingerprint density at radius 2 is 0.955 bits per heavy atom. The molecule has 9 nitrogen and oxygen atoms in total. The van der Waals surface area contributed by atoms with E-state index in [0.29, 0.717) is 6.42 Å². The number of amides is 1. The monoisotopic (exact) mass is 918 g/mol. The van der Waals surface area contributed by atoms with Gasteiger partial charge in [-0.25, -0.2) is 0 Å². The minimum atomic E-state index is -1.58. The standard InChI is InChI=1S/C57H91NO8/c1-3-5-7-9-11-13-15-16-17-18-19-20-21-22-23-24-25-26-27-28-29-30-31-32-33-34-35-36-37-39-41-43-45-47-53(61)58-50(49-65-57-56(64)55(63)54(62)52(48-59)66-57)51(60)46-44-42-40-38-14-12-10-8-6-4-2/h5,7,11,13-14,16-17,19-20,22-23,25-26,28-29,31-32,34-35,38,44,46,50-52,54-57,59-60,62-64H,3-4,6,8-10,12,15,18,21,24,27,30,33,36-37,39-43,45,47-49H2,1-2H3,(H,58,61)/b7-5-,13-11-,17-16-,20-19-,23-22-,26-25-,29-28-,32-31-,35-34-,38-14+,46-44+. The summed E-state index contributed by atoms with van der Waals surface area (Å²) >= 11 is 0. The molecule has 1 aliphatic rings. The molecular formula is C57H91NO8. The lowest BCUT2D eigenvalue weighted by Gasteiger charge is -2.40. The van der Waals surface area contributed by atoms with E-state index in [1.165, 1.54) is 25.7 Å². The summed E-state index contributed by atoms with van der Waals surface area (Å²) in [6.07, 6.45) is 62.3. The predicted molar refractivity (Wildman–Crippen MR) is 276 cm³/mol. The molecule has 1 heterocycles. The number of hydrogen-bond acceptors (Lipinski definition) is 8. The minimum Gasteiger partial charge on any atom is -0.394 e. The fourth-order valence-electron chi connectivity index (χ4n) is 6.93. The van der Waals surface area contributed by atoms with Crippen molar-refractivity contribution in [1.82, 2.24) is 5.32 Å². The SMILES string of the molecule is CC/C=C\C/C=C\C/C=C\C/C=C\C/C=C\C/C=C\C/C=C\C/C=C\C/C=C\CCCCCCCC(=O)NC(COC1OC(CO)C(O)C(O)C1O)C(O)/C=C/CC/C=C/CCCCCC. The number of aliphatic hydroxyl groups excluding tert-OH is 5. The van der Waals surface area contributed by atoms with Crippen LogP contribution < -0.4 is 5.32 Å². The molecular weight excluding hydrogens is 827 g/mol. The van der Waals surface area contributed by atoms with Crippen molar-refractivity contribution in [2.24, 2.45) is 0 Å². The molecule has 1 rings (SSSR count). The van der Waals surface area contributed by atoms with Gasteiger partial charge in [0.25, 0.3) is 0 Å². The maximum absolute atomic E-state index is 13.0. The number of ether oxygens (including phenoxy) is 2. The smallest absolute Gasteiger partial charge is 0.220 e. The predicted octanol–water partition coefficient (Wildman–Crippen LogP) is 11.8. The van der Waals surface area contributed by atoms with Gasteiger partial charge in [0, 0.05) is 6.42 Å². The molecule has 0 aromatic carbocycles. The summed E-state index contributed by atoms with van der Waals surface area (Å²) in [5, 5.41) is 54.1. The normalized spacial score (nSPS) is 21.0. The van der Waals surface area contributed by atoms with Crippen LogP contribution in [-0.4, -0.2) is 87.5 Å². The molecule has 1 fully saturated rings. The van der Waals surface area contributed by atoms with Gasteiger partial charge in [-0.1, -0.05) is 186 Å². The first-order valence-corrected chi connectivity index (χ1v) is 25.4. The number of aliphatic hydroxyl groups is 5. The maximum atomic E-state index is 13.0. The lowest BCUT2D eigenvalue weighted by molar-refractivity contribution is -0.302. The van der Waals surface area contributed by atoms with E-state index in [1.807, 2.05) is 6.08 Å². The molecule has 0 bridgehead atoms. The number of hydrogen-bond donors (Lipinski definition) is 6. The van der Waals surface area contributed by atoms with Crippen LogP contribution in [0.15, 0.2) is 134 Å². The fourth-order valence-corrected chi connectivity index (χ4v) is 6.93. The number of carbonyl (C=O) groups is 1. The molecule has 6 N–H and O–H groups in total. The highest BCUT2D eigenvalue weighted by molar-refractivity contribution is 5.76. The molecule has 1 amide bonds. The summed E-state index contributed by atoms with van der Waals surface area (Å²) in [6, 6.07) is -0.840. The average molecular weight is 918 g/mol. The Labute approximate surface area is 400 Å². The van der Waals surface area contributed by atoms with Crippen molar-refractivity contribution in [1.29, 1.82) is 0 Å². The zero-order valence-corrected chi connectivity index (χ0v) is 40.9. The summed E-state index contributed by atoms with van der Waals surface area (Å²) in [7, 11) is 0. The molecule has 0 aliphatic carbocycles. The first-order valence-electron chi connectivity index (χ1n) is 25.4. The molecule has 9 heteroatoms. The van der Waals surface area contributed by atoms with Crippen molar-refractivity contribution < 1.29 is 39.8 Å². The summed E-state index contributed by atoms with van der Waals surface area (Å²) in [4.78, 5) is 13.0. The van der Waals surface area contributed by atoms with E-state index in [1.54, 1.807) is 6.08 Å². The molecule has 66 heavy (non-hydrogen) atoms. The van der Waals surface area contributed by atoms with Gasteiger partial charge in [0.2, 0.25) is 5.91 Å². The Morgan fingerprint density at radius 1 is 0.530 bits per heavy atom. The Morgan fingerprint density at radius 3 is 1.45 bits per heavy atom. The van der Waals surface area contributed by atoms with Gasteiger partial charge in [-0.05, 0) is 103 Å². The quantitative estimate of drug-likeness (QED) is 0.0263. The number of rotatable bonds is 40. The molecule has 372 valence electrons. The molecule has 0 saturated carbocycles. The highest BCUT2D eigenvalue weighted by Gasteiger charge is 2.44. The van der Waals surface area contributed by atoms with Crippen LogP contribution in [0.25, 0.3) is 0 Å². The molecule has 0 aromatic heterocycles. The van der Waals surface area contributed by atoms with Crippen LogP contribution in [0.2, 0.25) is 0 Å². The Bertz CT molecular complexity index is 1480.